The van der Waals surface area contributed by atoms with Crippen molar-refractivity contribution >= 4 is 16.3 Å². The Kier molecular flexibility index (Phi) is 2.92. The Balaban J connectivity index is 2.13. The molecule has 3 aromatic rings. The molecular formula is C12H12N4O2S. The zero-order chi connectivity index (χ0) is 13.4. The van der Waals surface area contributed by atoms with Gasteiger partial charge < -0.3 is 9.84 Å². The molecule has 2 aromatic heterocycles. The molecule has 0 aliphatic heterocycles. The van der Waals surface area contributed by atoms with Gasteiger partial charge in [-0.2, -0.15) is 9.61 Å². The van der Waals surface area contributed by atoms with Crippen molar-refractivity contribution in [1.82, 2.24) is 19.8 Å². The third kappa shape index (κ3) is 1.96. The van der Waals surface area contributed by atoms with Gasteiger partial charge in [0.2, 0.25) is 4.96 Å². The highest BCUT2D eigenvalue weighted by molar-refractivity contribution is 7.19. The number of ether oxygens (including phenoxy) is 1. The number of hydrogen-bond donors (Lipinski definition) is 1. The van der Waals surface area contributed by atoms with Gasteiger partial charge in [-0.25, -0.2) is 0 Å². The minimum absolute atomic E-state index is 0.264. The van der Waals surface area contributed by atoms with Gasteiger partial charge in [0.25, 0.3) is 0 Å². The first-order valence-electron chi connectivity index (χ1n) is 5.69. The summed E-state index contributed by atoms with van der Waals surface area (Å²) in [5.74, 6) is 0.929. The maximum absolute atomic E-state index is 9.75. The van der Waals surface area contributed by atoms with E-state index < -0.39 is 0 Å². The van der Waals surface area contributed by atoms with E-state index in [4.69, 9.17) is 4.74 Å². The number of hydrogen-bond acceptors (Lipinski definition) is 6. The fourth-order valence-electron chi connectivity index (χ4n) is 1.84. The van der Waals surface area contributed by atoms with Crippen molar-refractivity contribution in [2.45, 2.75) is 13.5 Å². The number of rotatable bonds is 3. The molecule has 0 fully saturated rings. The highest BCUT2D eigenvalue weighted by Gasteiger charge is 2.14. The average Bonchev–Trinajstić information content (AvgIpc) is 2.95. The summed E-state index contributed by atoms with van der Waals surface area (Å²) in [7, 11) is 1.60. The van der Waals surface area contributed by atoms with Crippen molar-refractivity contribution in [3.63, 3.8) is 0 Å². The summed E-state index contributed by atoms with van der Waals surface area (Å²) in [4.78, 5) is 0.713. The molecule has 0 radical (unpaired) electrons. The van der Waals surface area contributed by atoms with Crippen LogP contribution in [-0.4, -0.2) is 32.0 Å². The van der Waals surface area contributed by atoms with Crippen LogP contribution >= 0.6 is 11.3 Å². The Morgan fingerprint density at radius 1 is 1.37 bits per heavy atom. The van der Waals surface area contributed by atoms with Gasteiger partial charge >= 0.3 is 0 Å². The van der Waals surface area contributed by atoms with Crippen LogP contribution in [0.4, 0.5) is 0 Å². The number of phenolic OH excluding ortho intramolecular Hbond substituents is 1. The molecule has 0 aliphatic carbocycles. The van der Waals surface area contributed by atoms with Crippen LogP contribution in [0.5, 0.6) is 5.75 Å². The topological polar surface area (TPSA) is 72.5 Å². The summed E-state index contributed by atoms with van der Waals surface area (Å²) in [6.45, 7) is 2.23. The maximum atomic E-state index is 9.75. The summed E-state index contributed by atoms with van der Waals surface area (Å²) >= 11 is 1.43. The first kappa shape index (κ1) is 12.1. The molecule has 3 rings (SSSR count). The van der Waals surface area contributed by atoms with Gasteiger partial charge in [-0.1, -0.05) is 23.5 Å². The van der Waals surface area contributed by atoms with E-state index in [1.165, 1.54) is 11.3 Å². The first-order valence-corrected chi connectivity index (χ1v) is 6.51. The molecule has 0 bridgehead atoms. The average molecular weight is 276 g/mol. The van der Waals surface area contributed by atoms with Crippen LogP contribution in [0.15, 0.2) is 18.2 Å². The zero-order valence-electron chi connectivity index (χ0n) is 10.5. The Hall–Kier alpha value is -1.99. The number of methoxy groups -OCH3 is 1. The lowest BCUT2D eigenvalue weighted by Crippen LogP contribution is -1.97. The Bertz CT molecular complexity index is 734. The number of fused-ring (bicyclic) bond motifs is 1. The van der Waals surface area contributed by atoms with E-state index in [0.29, 0.717) is 17.4 Å². The summed E-state index contributed by atoms with van der Waals surface area (Å²) < 4.78 is 6.73. The highest BCUT2D eigenvalue weighted by Crippen LogP contribution is 2.31. The van der Waals surface area contributed by atoms with Gasteiger partial charge in [-0.3, -0.25) is 0 Å². The van der Waals surface area contributed by atoms with Crippen LogP contribution in [0.25, 0.3) is 15.5 Å². The van der Waals surface area contributed by atoms with Gasteiger partial charge in [0.05, 0.1) is 0 Å². The molecule has 0 unspecified atom stereocenters. The van der Waals surface area contributed by atoms with Crippen LogP contribution in [0.1, 0.15) is 11.4 Å². The second-order valence-electron chi connectivity index (χ2n) is 4.10. The predicted molar refractivity (Wildman–Crippen MR) is 71.2 cm³/mol. The number of aromatic hydroxyl groups is 1. The van der Waals surface area contributed by atoms with Crippen molar-refractivity contribution in [2.75, 3.05) is 7.11 Å². The van der Waals surface area contributed by atoms with E-state index in [1.54, 1.807) is 23.8 Å². The number of aromatic nitrogens is 4. The van der Waals surface area contributed by atoms with Crippen LogP contribution < -0.4 is 0 Å². The number of benzene rings is 1. The second kappa shape index (κ2) is 4.60. The normalized spacial score (nSPS) is 11.3. The molecule has 2 heterocycles. The van der Waals surface area contributed by atoms with Gasteiger partial charge in [0.15, 0.2) is 5.82 Å². The van der Waals surface area contributed by atoms with E-state index >= 15 is 0 Å². The van der Waals surface area contributed by atoms with Crippen molar-refractivity contribution in [2.24, 2.45) is 0 Å². The minimum Gasteiger partial charge on any atom is -0.508 e. The van der Waals surface area contributed by atoms with Crippen molar-refractivity contribution in [3.8, 4) is 16.3 Å². The SMILES string of the molecule is COCc1nnc2sc(-c3cccc(O)c3C)nn12. The zero-order valence-corrected chi connectivity index (χ0v) is 11.3. The molecule has 1 aromatic carbocycles. The fraction of sp³-hybridized carbons (Fsp3) is 0.250. The molecule has 0 atom stereocenters. The minimum atomic E-state index is 0.264. The molecule has 98 valence electrons. The molecular weight excluding hydrogens is 264 g/mol. The van der Waals surface area contributed by atoms with Crippen molar-refractivity contribution in [3.05, 3.63) is 29.6 Å². The fourth-order valence-corrected chi connectivity index (χ4v) is 2.78. The van der Waals surface area contributed by atoms with Gasteiger partial charge in [-0.05, 0) is 13.0 Å². The lowest BCUT2D eigenvalue weighted by molar-refractivity contribution is 0.176. The molecule has 6 nitrogen and oxygen atoms in total. The van der Waals surface area contributed by atoms with E-state index in [-0.39, 0.29) is 5.75 Å². The summed E-state index contributed by atoms with van der Waals surface area (Å²) in [5.41, 5.74) is 1.71. The Morgan fingerprint density at radius 2 is 2.21 bits per heavy atom. The molecule has 19 heavy (non-hydrogen) atoms. The molecule has 0 saturated carbocycles. The lowest BCUT2D eigenvalue weighted by Gasteiger charge is -2.03. The number of nitrogens with zero attached hydrogens (tertiary/aromatic N) is 4. The molecule has 0 aliphatic rings. The Labute approximate surface area is 113 Å². The second-order valence-corrected chi connectivity index (χ2v) is 5.06. The smallest absolute Gasteiger partial charge is 0.235 e. The Morgan fingerprint density at radius 3 is 3.00 bits per heavy atom. The van der Waals surface area contributed by atoms with Crippen molar-refractivity contribution < 1.29 is 9.84 Å². The summed E-state index contributed by atoms with van der Waals surface area (Å²) in [6.07, 6.45) is 0. The van der Waals surface area contributed by atoms with Crippen LogP contribution in [0.2, 0.25) is 0 Å². The molecule has 0 amide bonds. The number of phenols is 1. The van der Waals surface area contributed by atoms with Crippen LogP contribution in [0.3, 0.4) is 0 Å². The molecule has 1 N–H and O–H groups in total. The van der Waals surface area contributed by atoms with Crippen molar-refractivity contribution in [1.29, 1.82) is 0 Å². The third-order valence-electron chi connectivity index (χ3n) is 2.86. The lowest BCUT2D eigenvalue weighted by atomic mass is 10.1. The highest BCUT2D eigenvalue weighted by atomic mass is 32.1. The van der Waals surface area contributed by atoms with Gasteiger partial charge in [-0.15, -0.1) is 10.2 Å². The molecule has 7 heteroatoms. The summed E-state index contributed by atoms with van der Waals surface area (Å²) in [6, 6.07) is 5.39. The largest absolute Gasteiger partial charge is 0.508 e. The summed E-state index contributed by atoms with van der Waals surface area (Å²) in [5, 5.41) is 23.1. The quantitative estimate of drug-likeness (QED) is 0.792. The monoisotopic (exact) mass is 276 g/mol. The van der Waals surface area contributed by atoms with Gasteiger partial charge in [0, 0.05) is 18.2 Å². The maximum Gasteiger partial charge on any atom is 0.235 e. The van der Waals surface area contributed by atoms with Gasteiger partial charge in [0.1, 0.15) is 17.4 Å². The van der Waals surface area contributed by atoms with E-state index in [1.807, 2.05) is 13.0 Å². The van der Waals surface area contributed by atoms with Crippen LogP contribution in [0, 0.1) is 6.92 Å². The van der Waals surface area contributed by atoms with E-state index in [9.17, 15) is 5.11 Å². The molecule has 0 spiro atoms. The van der Waals surface area contributed by atoms with E-state index in [2.05, 4.69) is 15.3 Å². The first-order chi connectivity index (χ1) is 9.20. The standard InChI is InChI=1S/C12H12N4O2S/c1-7-8(4-3-5-9(7)17)11-15-16-10(6-18-2)13-14-12(16)19-11/h3-5,17H,6H2,1-2H3. The third-order valence-corrected chi connectivity index (χ3v) is 3.80. The predicted octanol–water partition coefficient (Wildman–Crippen LogP) is 2.01. The van der Waals surface area contributed by atoms with Crippen LogP contribution in [-0.2, 0) is 11.3 Å². The van der Waals surface area contributed by atoms with E-state index in [0.717, 1.165) is 16.1 Å². The molecule has 0 saturated heterocycles.